The third kappa shape index (κ3) is 3.36. The van der Waals surface area contributed by atoms with Crippen molar-refractivity contribution in [1.29, 1.82) is 5.26 Å². The van der Waals surface area contributed by atoms with Gasteiger partial charge in [-0.25, -0.2) is 0 Å². The van der Waals surface area contributed by atoms with E-state index in [1.165, 1.54) is 0 Å². The van der Waals surface area contributed by atoms with E-state index in [-0.39, 0.29) is 5.91 Å². The lowest BCUT2D eigenvalue weighted by atomic mass is 10.2. The summed E-state index contributed by atoms with van der Waals surface area (Å²) in [5.41, 5.74) is 2.78. The van der Waals surface area contributed by atoms with Gasteiger partial charge in [0, 0.05) is 32.4 Å². The molecule has 0 fully saturated rings. The van der Waals surface area contributed by atoms with Crippen molar-refractivity contribution >= 4 is 23.2 Å². The van der Waals surface area contributed by atoms with Crippen molar-refractivity contribution < 1.29 is 4.79 Å². The summed E-state index contributed by atoms with van der Waals surface area (Å²) >= 11 is 6.12. The predicted octanol–water partition coefficient (Wildman–Crippen LogP) is 2.52. The number of nitrogens with zero attached hydrogens (tertiary/aromatic N) is 2. The van der Waals surface area contributed by atoms with Gasteiger partial charge in [-0.05, 0) is 29.8 Å². The molecule has 0 bridgehead atoms. The number of hydrogen-bond donors (Lipinski definition) is 2. The Morgan fingerprint density at radius 3 is 2.81 bits per heavy atom. The topological polar surface area (TPSA) is 69.8 Å². The summed E-state index contributed by atoms with van der Waals surface area (Å²) in [5.74, 6) is -0.166. The first kappa shape index (κ1) is 14.9. The van der Waals surface area contributed by atoms with Gasteiger partial charge >= 0.3 is 0 Å². The van der Waals surface area contributed by atoms with Gasteiger partial charge in [0.15, 0.2) is 0 Å². The average molecular weight is 303 g/mol. The molecule has 1 aromatic heterocycles. The molecule has 0 unspecified atom stereocenters. The molecule has 0 aliphatic carbocycles. The van der Waals surface area contributed by atoms with E-state index in [9.17, 15) is 4.79 Å². The Balaban J connectivity index is 2.15. The molecule has 1 aromatic carbocycles. The highest BCUT2D eigenvalue weighted by atomic mass is 35.5. The highest BCUT2D eigenvalue weighted by Crippen LogP contribution is 2.24. The maximum atomic E-state index is 11.6. The van der Waals surface area contributed by atoms with Crippen LogP contribution in [0.25, 0.3) is 0 Å². The lowest BCUT2D eigenvalue weighted by molar-refractivity contribution is 0.0963. The molecule has 0 radical (unpaired) electrons. The SMILES string of the molecule is CNC(=O)c1ccc(Cl)c(NCc2cc(C#N)n(C)c2)c1. The molecule has 0 aliphatic rings. The Kier molecular flexibility index (Phi) is 4.51. The number of hydrogen-bond acceptors (Lipinski definition) is 3. The van der Waals surface area contributed by atoms with Gasteiger partial charge in [-0.15, -0.1) is 0 Å². The molecule has 0 spiro atoms. The van der Waals surface area contributed by atoms with E-state index in [0.29, 0.717) is 28.5 Å². The molecule has 2 N–H and O–H groups in total. The zero-order valence-electron chi connectivity index (χ0n) is 11.8. The first-order valence-electron chi connectivity index (χ1n) is 6.36. The van der Waals surface area contributed by atoms with E-state index in [0.717, 1.165) is 5.56 Å². The molecule has 21 heavy (non-hydrogen) atoms. The van der Waals surface area contributed by atoms with Gasteiger partial charge in [-0.1, -0.05) is 11.6 Å². The zero-order valence-corrected chi connectivity index (χ0v) is 12.5. The van der Waals surface area contributed by atoms with E-state index in [1.54, 1.807) is 29.8 Å². The van der Waals surface area contributed by atoms with Gasteiger partial charge in [0.05, 0.1) is 10.7 Å². The second kappa shape index (κ2) is 6.33. The van der Waals surface area contributed by atoms with Crippen LogP contribution in [0.2, 0.25) is 5.02 Å². The van der Waals surface area contributed by atoms with Gasteiger partial charge in [0.25, 0.3) is 5.91 Å². The lowest BCUT2D eigenvalue weighted by Gasteiger charge is -2.09. The van der Waals surface area contributed by atoms with E-state index < -0.39 is 0 Å². The Hall–Kier alpha value is -2.45. The van der Waals surface area contributed by atoms with Crippen molar-refractivity contribution in [2.24, 2.45) is 7.05 Å². The van der Waals surface area contributed by atoms with Crippen LogP contribution in [0.5, 0.6) is 0 Å². The van der Waals surface area contributed by atoms with Crippen LogP contribution in [0.3, 0.4) is 0 Å². The number of aromatic nitrogens is 1. The number of carbonyl (C=O) groups is 1. The Morgan fingerprint density at radius 1 is 1.43 bits per heavy atom. The lowest BCUT2D eigenvalue weighted by Crippen LogP contribution is -2.17. The molecule has 0 saturated heterocycles. The minimum absolute atomic E-state index is 0.166. The molecule has 5 nitrogen and oxygen atoms in total. The minimum atomic E-state index is -0.166. The monoisotopic (exact) mass is 302 g/mol. The molecule has 2 rings (SSSR count). The van der Waals surface area contributed by atoms with Gasteiger partial charge in [-0.2, -0.15) is 5.26 Å². The number of rotatable bonds is 4. The Labute approximate surface area is 128 Å². The number of halogens is 1. The number of benzene rings is 1. The molecule has 1 amide bonds. The van der Waals surface area contributed by atoms with Crippen molar-refractivity contribution in [3.8, 4) is 6.07 Å². The first-order valence-corrected chi connectivity index (χ1v) is 6.73. The fourth-order valence-electron chi connectivity index (χ4n) is 1.98. The summed E-state index contributed by atoms with van der Waals surface area (Å²) in [6.45, 7) is 0.520. The van der Waals surface area contributed by atoms with E-state index in [4.69, 9.17) is 16.9 Å². The third-order valence-corrected chi connectivity index (χ3v) is 3.44. The van der Waals surface area contributed by atoms with Crippen LogP contribution in [-0.2, 0) is 13.6 Å². The largest absolute Gasteiger partial charge is 0.380 e. The second-order valence-electron chi connectivity index (χ2n) is 4.58. The molecule has 6 heteroatoms. The molecule has 0 aliphatic heterocycles. The summed E-state index contributed by atoms with van der Waals surface area (Å²) in [4.78, 5) is 11.6. The van der Waals surface area contributed by atoms with Gasteiger partial charge in [0.2, 0.25) is 0 Å². The van der Waals surface area contributed by atoms with E-state index in [2.05, 4.69) is 16.7 Å². The number of amides is 1. The minimum Gasteiger partial charge on any atom is -0.380 e. The van der Waals surface area contributed by atoms with Crippen LogP contribution in [0.15, 0.2) is 30.5 Å². The van der Waals surface area contributed by atoms with Crippen LogP contribution in [0.1, 0.15) is 21.6 Å². The second-order valence-corrected chi connectivity index (χ2v) is 4.99. The molecular weight excluding hydrogens is 288 g/mol. The van der Waals surface area contributed by atoms with Crippen LogP contribution < -0.4 is 10.6 Å². The molecule has 0 atom stereocenters. The number of carbonyl (C=O) groups excluding carboxylic acids is 1. The summed E-state index contributed by atoms with van der Waals surface area (Å²) in [5, 5.41) is 15.2. The van der Waals surface area contributed by atoms with Crippen LogP contribution in [0.4, 0.5) is 5.69 Å². The normalized spacial score (nSPS) is 10.0. The molecule has 108 valence electrons. The van der Waals surface area contributed by atoms with Crippen LogP contribution in [-0.4, -0.2) is 17.5 Å². The number of nitrogens with one attached hydrogen (secondary N) is 2. The maximum Gasteiger partial charge on any atom is 0.251 e. The fourth-order valence-corrected chi connectivity index (χ4v) is 2.17. The fraction of sp³-hybridized carbons (Fsp3) is 0.200. The van der Waals surface area contributed by atoms with Crippen molar-refractivity contribution in [3.05, 3.63) is 52.3 Å². The number of aryl methyl sites for hydroxylation is 1. The highest BCUT2D eigenvalue weighted by molar-refractivity contribution is 6.33. The van der Waals surface area contributed by atoms with Gasteiger partial charge < -0.3 is 15.2 Å². The quantitative estimate of drug-likeness (QED) is 0.912. The summed E-state index contributed by atoms with van der Waals surface area (Å²) in [7, 11) is 3.40. The standard InChI is InChI=1S/C15H15ClN4O/c1-18-15(21)11-3-4-13(16)14(6-11)19-8-10-5-12(7-17)20(2)9-10/h3-6,9,19H,8H2,1-2H3,(H,18,21). The summed E-state index contributed by atoms with van der Waals surface area (Å²) in [6, 6.07) is 8.98. The molecule has 2 aromatic rings. The number of nitriles is 1. The Morgan fingerprint density at radius 2 is 2.19 bits per heavy atom. The summed E-state index contributed by atoms with van der Waals surface area (Å²) in [6.07, 6.45) is 1.88. The first-order chi connectivity index (χ1) is 10.0. The average Bonchev–Trinajstić information content (AvgIpc) is 2.85. The van der Waals surface area contributed by atoms with Crippen LogP contribution in [0, 0.1) is 11.3 Å². The maximum absolute atomic E-state index is 11.6. The van der Waals surface area contributed by atoms with Crippen molar-refractivity contribution in [2.45, 2.75) is 6.54 Å². The Bertz CT molecular complexity index is 715. The molecule has 0 saturated carbocycles. The predicted molar refractivity (Wildman–Crippen MR) is 82.3 cm³/mol. The van der Waals surface area contributed by atoms with Crippen molar-refractivity contribution in [1.82, 2.24) is 9.88 Å². The van der Waals surface area contributed by atoms with Gasteiger partial charge in [-0.3, -0.25) is 4.79 Å². The number of anilines is 1. The van der Waals surface area contributed by atoms with Gasteiger partial charge in [0.1, 0.15) is 11.8 Å². The molecule has 1 heterocycles. The summed E-state index contributed by atoms with van der Waals surface area (Å²) < 4.78 is 1.76. The third-order valence-electron chi connectivity index (χ3n) is 3.11. The molecular formula is C15H15ClN4O. The van der Waals surface area contributed by atoms with Crippen molar-refractivity contribution in [3.63, 3.8) is 0 Å². The highest BCUT2D eigenvalue weighted by Gasteiger charge is 2.08. The smallest absolute Gasteiger partial charge is 0.251 e. The van der Waals surface area contributed by atoms with E-state index in [1.807, 2.05) is 19.3 Å². The van der Waals surface area contributed by atoms with Crippen molar-refractivity contribution in [2.75, 3.05) is 12.4 Å². The zero-order chi connectivity index (χ0) is 15.4. The van der Waals surface area contributed by atoms with E-state index >= 15 is 0 Å². The van der Waals surface area contributed by atoms with Crippen LogP contribution >= 0.6 is 11.6 Å².